The molecule has 0 saturated carbocycles. The quantitative estimate of drug-likeness (QED) is 0.677. The molecule has 10 nitrogen and oxygen atoms in total. The SMILES string of the molecule is CC(C)C[C@@H](NC(=O)CCn1cnc2c1c(=O)n(C)c(=O)n2C)C(=O)O. The molecule has 0 unspecified atom stereocenters. The highest BCUT2D eigenvalue weighted by atomic mass is 16.4. The van der Waals surface area contributed by atoms with Gasteiger partial charge in [-0.3, -0.25) is 18.7 Å². The largest absolute Gasteiger partial charge is 0.480 e. The van der Waals surface area contributed by atoms with Gasteiger partial charge in [0.2, 0.25) is 5.91 Å². The van der Waals surface area contributed by atoms with Gasteiger partial charge in [-0.2, -0.15) is 0 Å². The van der Waals surface area contributed by atoms with E-state index >= 15 is 0 Å². The molecule has 0 aromatic carbocycles. The van der Waals surface area contributed by atoms with Gasteiger partial charge < -0.3 is 15.0 Å². The Bertz CT molecular complexity index is 952. The molecule has 0 aliphatic heterocycles. The molecule has 0 aliphatic rings. The molecule has 1 atom stereocenters. The van der Waals surface area contributed by atoms with Crippen LogP contribution in [0.15, 0.2) is 15.9 Å². The van der Waals surface area contributed by atoms with Crippen LogP contribution in [0.3, 0.4) is 0 Å². The first kappa shape index (κ1) is 19.4. The zero-order chi connectivity index (χ0) is 19.6. The Morgan fingerprint density at radius 3 is 2.46 bits per heavy atom. The molecule has 0 fully saturated rings. The molecule has 0 bridgehead atoms. The number of fused-ring (bicyclic) bond motifs is 1. The van der Waals surface area contributed by atoms with Gasteiger partial charge in [0.05, 0.1) is 6.33 Å². The van der Waals surface area contributed by atoms with E-state index in [0.717, 1.165) is 4.57 Å². The maximum absolute atomic E-state index is 12.3. The standard InChI is InChI=1S/C16H23N5O5/c1-9(2)7-10(15(24)25)18-11(22)5-6-21-8-17-13-12(21)14(23)20(4)16(26)19(13)3/h8-10H,5-7H2,1-4H3,(H,18,22)(H,24,25)/t10-/m1/s1. The van der Waals surface area contributed by atoms with Gasteiger partial charge >= 0.3 is 11.7 Å². The summed E-state index contributed by atoms with van der Waals surface area (Å²) in [6, 6.07) is -0.948. The van der Waals surface area contributed by atoms with Gasteiger partial charge in [0.25, 0.3) is 5.56 Å². The van der Waals surface area contributed by atoms with Crippen molar-refractivity contribution in [3.05, 3.63) is 27.2 Å². The van der Waals surface area contributed by atoms with Crippen LogP contribution in [0.5, 0.6) is 0 Å². The minimum atomic E-state index is -1.08. The number of carbonyl (C=O) groups is 2. The fraction of sp³-hybridized carbons (Fsp3) is 0.562. The molecular formula is C16H23N5O5. The zero-order valence-electron chi connectivity index (χ0n) is 15.2. The van der Waals surface area contributed by atoms with Crippen molar-refractivity contribution in [3.8, 4) is 0 Å². The van der Waals surface area contributed by atoms with Crippen LogP contribution < -0.4 is 16.6 Å². The number of aromatic nitrogens is 4. The van der Waals surface area contributed by atoms with Crippen molar-refractivity contribution in [2.75, 3.05) is 0 Å². The normalized spacial score (nSPS) is 12.5. The second-order valence-electron chi connectivity index (χ2n) is 6.65. The fourth-order valence-corrected chi connectivity index (χ4v) is 2.75. The summed E-state index contributed by atoms with van der Waals surface area (Å²) in [6.07, 6.45) is 1.71. The van der Waals surface area contributed by atoms with Gasteiger partial charge in [-0.05, 0) is 12.3 Å². The fourth-order valence-electron chi connectivity index (χ4n) is 2.75. The lowest BCUT2D eigenvalue weighted by atomic mass is 10.0. The number of carboxylic acid groups (broad SMARTS) is 1. The van der Waals surface area contributed by atoms with Crippen molar-refractivity contribution < 1.29 is 14.7 Å². The Kier molecular flexibility index (Phi) is 5.63. The number of carbonyl (C=O) groups excluding carboxylic acids is 1. The molecule has 2 heterocycles. The number of aliphatic carboxylic acids is 1. The van der Waals surface area contributed by atoms with E-state index in [1.807, 2.05) is 13.8 Å². The molecule has 2 N–H and O–H groups in total. The molecule has 2 rings (SSSR count). The maximum atomic E-state index is 12.3. The van der Waals surface area contributed by atoms with Gasteiger partial charge in [-0.15, -0.1) is 0 Å². The molecule has 142 valence electrons. The third-order valence-electron chi connectivity index (χ3n) is 4.14. The highest BCUT2D eigenvalue weighted by molar-refractivity contribution is 5.83. The van der Waals surface area contributed by atoms with Crippen LogP contribution in [0.2, 0.25) is 0 Å². The summed E-state index contributed by atoms with van der Waals surface area (Å²) in [7, 11) is 2.88. The Labute approximate surface area is 149 Å². The third-order valence-corrected chi connectivity index (χ3v) is 4.14. The third kappa shape index (κ3) is 3.84. The number of hydrogen-bond acceptors (Lipinski definition) is 5. The molecule has 2 aromatic rings. The van der Waals surface area contributed by atoms with Crippen LogP contribution >= 0.6 is 0 Å². The molecule has 26 heavy (non-hydrogen) atoms. The van der Waals surface area contributed by atoms with Gasteiger partial charge in [0.15, 0.2) is 11.2 Å². The lowest BCUT2D eigenvalue weighted by Gasteiger charge is -2.16. The van der Waals surface area contributed by atoms with Crippen LogP contribution in [0.4, 0.5) is 0 Å². The molecule has 1 amide bonds. The average Bonchev–Trinajstić information content (AvgIpc) is 2.99. The van der Waals surface area contributed by atoms with Crippen molar-refractivity contribution in [1.29, 1.82) is 0 Å². The van der Waals surface area contributed by atoms with Crippen LogP contribution in [0, 0.1) is 5.92 Å². The first-order valence-corrected chi connectivity index (χ1v) is 8.26. The number of nitrogens with zero attached hydrogens (tertiary/aromatic N) is 4. The van der Waals surface area contributed by atoms with E-state index in [-0.39, 0.29) is 30.0 Å². The first-order valence-electron chi connectivity index (χ1n) is 8.26. The molecule has 0 radical (unpaired) electrons. The predicted octanol–water partition coefficient (Wildman–Crippen LogP) is -0.561. The molecule has 0 saturated heterocycles. The van der Waals surface area contributed by atoms with Crippen molar-refractivity contribution in [3.63, 3.8) is 0 Å². The van der Waals surface area contributed by atoms with Crippen LogP contribution in [0.1, 0.15) is 26.7 Å². The van der Waals surface area contributed by atoms with Gasteiger partial charge in [-0.25, -0.2) is 14.6 Å². The van der Waals surface area contributed by atoms with Gasteiger partial charge in [-0.1, -0.05) is 13.8 Å². The summed E-state index contributed by atoms with van der Waals surface area (Å²) in [5, 5.41) is 11.7. The average molecular weight is 365 g/mol. The van der Waals surface area contributed by atoms with Crippen LogP contribution in [-0.4, -0.2) is 41.7 Å². The summed E-state index contributed by atoms with van der Waals surface area (Å²) in [5.74, 6) is -1.39. The Morgan fingerprint density at radius 1 is 1.23 bits per heavy atom. The van der Waals surface area contributed by atoms with E-state index in [4.69, 9.17) is 0 Å². The van der Waals surface area contributed by atoms with Gasteiger partial charge in [0.1, 0.15) is 6.04 Å². The van der Waals surface area contributed by atoms with Crippen molar-refractivity contribution >= 4 is 23.0 Å². The van der Waals surface area contributed by atoms with Gasteiger partial charge in [0, 0.05) is 27.1 Å². The number of imidazole rings is 1. The Hall–Kier alpha value is -2.91. The van der Waals surface area contributed by atoms with E-state index in [9.17, 15) is 24.3 Å². The smallest absolute Gasteiger partial charge is 0.332 e. The first-order chi connectivity index (χ1) is 12.1. The van der Waals surface area contributed by atoms with E-state index < -0.39 is 29.2 Å². The minimum absolute atomic E-state index is 0.0146. The van der Waals surface area contributed by atoms with Crippen molar-refractivity contribution in [1.82, 2.24) is 24.0 Å². The molecule has 0 aliphatic carbocycles. The number of carboxylic acids is 1. The number of amides is 1. The monoisotopic (exact) mass is 365 g/mol. The summed E-state index contributed by atoms with van der Waals surface area (Å²) < 4.78 is 3.73. The maximum Gasteiger partial charge on any atom is 0.332 e. The molecular weight excluding hydrogens is 342 g/mol. The minimum Gasteiger partial charge on any atom is -0.480 e. The highest BCUT2D eigenvalue weighted by Crippen LogP contribution is 2.08. The van der Waals surface area contributed by atoms with Crippen molar-refractivity contribution in [2.45, 2.75) is 39.3 Å². The zero-order valence-corrected chi connectivity index (χ0v) is 15.2. The summed E-state index contributed by atoms with van der Waals surface area (Å²) in [5.41, 5.74) is -0.520. The van der Waals surface area contributed by atoms with Crippen LogP contribution in [-0.2, 0) is 30.2 Å². The molecule has 0 spiro atoms. The lowest BCUT2D eigenvalue weighted by Crippen LogP contribution is -2.42. The number of hydrogen-bond donors (Lipinski definition) is 2. The molecule has 2 aromatic heterocycles. The Morgan fingerprint density at radius 2 is 1.88 bits per heavy atom. The second-order valence-corrected chi connectivity index (χ2v) is 6.65. The number of aryl methyl sites for hydroxylation is 2. The predicted molar refractivity (Wildman–Crippen MR) is 93.9 cm³/mol. The van der Waals surface area contributed by atoms with E-state index in [0.29, 0.717) is 6.42 Å². The van der Waals surface area contributed by atoms with E-state index in [2.05, 4.69) is 10.3 Å². The van der Waals surface area contributed by atoms with E-state index in [1.54, 1.807) is 0 Å². The van der Waals surface area contributed by atoms with E-state index in [1.165, 1.54) is 29.6 Å². The number of nitrogens with one attached hydrogen (secondary N) is 1. The van der Waals surface area contributed by atoms with Crippen LogP contribution in [0.25, 0.3) is 11.2 Å². The second kappa shape index (κ2) is 7.54. The highest BCUT2D eigenvalue weighted by Gasteiger charge is 2.21. The topological polar surface area (TPSA) is 128 Å². The lowest BCUT2D eigenvalue weighted by molar-refractivity contribution is -0.142. The summed E-state index contributed by atoms with van der Waals surface area (Å²) in [4.78, 5) is 51.6. The van der Waals surface area contributed by atoms with Crippen molar-refractivity contribution in [2.24, 2.45) is 20.0 Å². The number of rotatable bonds is 7. The summed E-state index contributed by atoms with van der Waals surface area (Å²) >= 11 is 0. The summed E-state index contributed by atoms with van der Waals surface area (Å²) in [6.45, 7) is 3.89. The molecule has 10 heteroatoms. The Balaban J connectivity index is 2.17.